The third kappa shape index (κ3) is 4.38. The van der Waals surface area contributed by atoms with Gasteiger partial charge in [0.25, 0.3) is 0 Å². The Morgan fingerprint density at radius 1 is 1.24 bits per heavy atom. The number of amides is 1. The third-order valence-electron chi connectivity index (χ3n) is 3.58. The zero-order valence-corrected chi connectivity index (χ0v) is 13.9. The highest BCUT2D eigenvalue weighted by atomic mass is 16.5. The number of hydrogen-bond acceptors (Lipinski definition) is 6. The van der Waals surface area contributed by atoms with Crippen molar-refractivity contribution < 1.29 is 23.5 Å². The molecule has 1 atom stereocenters. The lowest BCUT2D eigenvalue weighted by Gasteiger charge is -2.11. The fourth-order valence-corrected chi connectivity index (χ4v) is 2.27. The van der Waals surface area contributed by atoms with E-state index in [1.54, 1.807) is 32.4 Å². The lowest BCUT2D eigenvalue weighted by molar-refractivity contribution is -0.122. The number of methoxy groups -OCH3 is 2. The van der Waals surface area contributed by atoms with Gasteiger partial charge in [0, 0.05) is 6.54 Å². The summed E-state index contributed by atoms with van der Waals surface area (Å²) in [5.74, 6) is -1.54. The second kappa shape index (κ2) is 8.55. The number of carbonyl (C=O) groups excluding carboxylic acids is 2. The molecule has 0 aliphatic carbocycles. The molecule has 1 aromatic carbocycles. The summed E-state index contributed by atoms with van der Waals surface area (Å²) in [5.41, 5.74) is 0.920. The van der Waals surface area contributed by atoms with E-state index in [1.165, 1.54) is 18.4 Å². The van der Waals surface area contributed by atoms with Crippen molar-refractivity contribution in [3.8, 4) is 17.6 Å². The molecule has 7 nitrogen and oxygen atoms in total. The molecule has 0 spiro atoms. The van der Waals surface area contributed by atoms with Gasteiger partial charge in [0.2, 0.25) is 11.7 Å². The first-order chi connectivity index (χ1) is 12.1. The Bertz CT molecular complexity index is 777. The van der Waals surface area contributed by atoms with E-state index in [9.17, 15) is 9.59 Å². The van der Waals surface area contributed by atoms with Crippen molar-refractivity contribution in [2.75, 3.05) is 20.8 Å². The van der Waals surface area contributed by atoms with E-state index in [1.807, 2.05) is 6.07 Å². The van der Waals surface area contributed by atoms with Gasteiger partial charge in [-0.2, -0.15) is 5.26 Å². The van der Waals surface area contributed by atoms with Crippen molar-refractivity contribution in [2.45, 2.75) is 6.42 Å². The van der Waals surface area contributed by atoms with Crippen LogP contribution in [0.1, 0.15) is 16.1 Å². The molecule has 0 bridgehead atoms. The predicted octanol–water partition coefficient (Wildman–Crippen LogP) is 1.98. The molecule has 7 heteroatoms. The summed E-state index contributed by atoms with van der Waals surface area (Å²) in [6.45, 7) is 0.276. The highest BCUT2D eigenvalue weighted by Gasteiger charge is 2.29. The molecule has 25 heavy (non-hydrogen) atoms. The molecular weight excluding hydrogens is 324 g/mol. The van der Waals surface area contributed by atoms with Crippen LogP contribution >= 0.6 is 0 Å². The van der Waals surface area contributed by atoms with Gasteiger partial charge in [-0.1, -0.05) is 6.07 Å². The van der Waals surface area contributed by atoms with Gasteiger partial charge in [0.1, 0.15) is 0 Å². The fourth-order valence-electron chi connectivity index (χ4n) is 2.27. The van der Waals surface area contributed by atoms with Crippen molar-refractivity contribution in [2.24, 2.45) is 5.92 Å². The van der Waals surface area contributed by atoms with Crippen LogP contribution in [-0.4, -0.2) is 32.5 Å². The average molecular weight is 342 g/mol. The van der Waals surface area contributed by atoms with E-state index in [2.05, 4.69) is 5.32 Å². The van der Waals surface area contributed by atoms with E-state index in [-0.39, 0.29) is 12.3 Å². The zero-order chi connectivity index (χ0) is 18.2. The van der Waals surface area contributed by atoms with Crippen LogP contribution < -0.4 is 14.8 Å². The molecule has 1 unspecified atom stereocenters. The van der Waals surface area contributed by atoms with Crippen molar-refractivity contribution in [3.05, 3.63) is 47.9 Å². The summed E-state index contributed by atoms with van der Waals surface area (Å²) in [7, 11) is 3.09. The number of nitrogens with one attached hydrogen (secondary N) is 1. The standard InChI is InChI=1S/C18H18N2O5/c1-23-14-6-5-12(10-16(14)24-2)7-8-20-18(22)13(11-19)17(21)15-4-3-9-25-15/h3-6,9-10,13H,7-8H2,1-2H3,(H,20,22). The van der Waals surface area contributed by atoms with Crippen molar-refractivity contribution in [1.82, 2.24) is 5.32 Å². The van der Waals surface area contributed by atoms with Crippen molar-refractivity contribution in [1.29, 1.82) is 5.26 Å². The maximum atomic E-state index is 12.1. The Labute approximate surface area is 145 Å². The van der Waals surface area contributed by atoms with Gasteiger partial charge in [0.15, 0.2) is 23.2 Å². The second-order valence-electron chi connectivity index (χ2n) is 5.13. The number of benzene rings is 1. The number of rotatable bonds is 8. The summed E-state index contributed by atoms with van der Waals surface area (Å²) >= 11 is 0. The van der Waals surface area contributed by atoms with Crippen LogP contribution in [-0.2, 0) is 11.2 Å². The molecule has 130 valence electrons. The number of Topliss-reactive ketones (excluding diaryl/α,β-unsaturated/α-hetero) is 1. The summed E-state index contributed by atoms with van der Waals surface area (Å²) in [4.78, 5) is 24.1. The smallest absolute Gasteiger partial charge is 0.245 e. The molecule has 1 heterocycles. The highest BCUT2D eigenvalue weighted by molar-refractivity contribution is 6.10. The molecule has 0 aliphatic heterocycles. The summed E-state index contributed by atoms with van der Waals surface area (Å²) in [6, 6.07) is 10.1. The van der Waals surface area contributed by atoms with E-state index >= 15 is 0 Å². The molecular formula is C18H18N2O5. The van der Waals surface area contributed by atoms with Gasteiger partial charge >= 0.3 is 0 Å². The second-order valence-corrected chi connectivity index (χ2v) is 5.13. The molecule has 0 fully saturated rings. The van der Waals surface area contributed by atoms with Crippen LogP contribution in [0.2, 0.25) is 0 Å². The molecule has 0 saturated heterocycles. The Morgan fingerprint density at radius 2 is 2.00 bits per heavy atom. The van der Waals surface area contributed by atoms with Crippen LogP contribution in [0.5, 0.6) is 11.5 Å². The van der Waals surface area contributed by atoms with E-state index in [0.29, 0.717) is 17.9 Å². The molecule has 1 N–H and O–H groups in total. The lowest BCUT2D eigenvalue weighted by atomic mass is 10.0. The van der Waals surface area contributed by atoms with Crippen molar-refractivity contribution in [3.63, 3.8) is 0 Å². The molecule has 0 aliphatic rings. The predicted molar refractivity (Wildman–Crippen MR) is 88.4 cm³/mol. The largest absolute Gasteiger partial charge is 0.493 e. The number of nitrogens with zero attached hydrogens (tertiary/aromatic N) is 1. The Balaban J connectivity index is 1.93. The van der Waals surface area contributed by atoms with Gasteiger partial charge < -0.3 is 19.2 Å². The van der Waals surface area contributed by atoms with E-state index in [0.717, 1.165) is 5.56 Å². The highest BCUT2D eigenvalue weighted by Crippen LogP contribution is 2.27. The molecule has 1 amide bonds. The average Bonchev–Trinajstić information content (AvgIpc) is 3.16. The normalized spacial score (nSPS) is 11.2. The minimum atomic E-state index is -1.43. The van der Waals surface area contributed by atoms with E-state index < -0.39 is 17.6 Å². The molecule has 0 radical (unpaired) electrons. The number of nitriles is 1. The molecule has 2 rings (SSSR count). The van der Waals surface area contributed by atoms with Crippen LogP contribution in [0.15, 0.2) is 41.0 Å². The summed E-state index contributed by atoms with van der Waals surface area (Å²) in [5, 5.41) is 11.7. The quantitative estimate of drug-likeness (QED) is 0.581. The Morgan fingerprint density at radius 3 is 2.60 bits per heavy atom. The van der Waals surface area contributed by atoms with Gasteiger partial charge in [-0.25, -0.2) is 0 Å². The minimum Gasteiger partial charge on any atom is -0.493 e. The van der Waals surface area contributed by atoms with Crippen molar-refractivity contribution >= 4 is 11.7 Å². The molecule has 0 saturated carbocycles. The fraction of sp³-hybridized carbons (Fsp3) is 0.278. The summed E-state index contributed by atoms with van der Waals surface area (Å²) < 4.78 is 15.3. The first-order valence-corrected chi connectivity index (χ1v) is 7.56. The monoisotopic (exact) mass is 342 g/mol. The van der Waals surface area contributed by atoms with Crippen LogP contribution in [0.3, 0.4) is 0 Å². The number of hydrogen-bond donors (Lipinski definition) is 1. The van der Waals surface area contributed by atoms with Crippen LogP contribution in [0.25, 0.3) is 0 Å². The minimum absolute atomic E-state index is 0.0124. The SMILES string of the molecule is COc1ccc(CCNC(=O)C(C#N)C(=O)c2ccco2)cc1OC. The molecule has 1 aromatic heterocycles. The Kier molecular flexibility index (Phi) is 6.18. The van der Waals surface area contributed by atoms with Crippen LogP contribution in [0, 0.1) is 17.2 Å². The Hall–Kier alpha value is -3.27. The number of ether oxygens (including phenoxy) is 2. The van der Waals surface area contributed by atoms with Gasteiger partial charge in [0.05, 0.1) is 26.6 Å². The lowest BCUT2D eigenvalue weighted by Crippen LogP contribution is -2.35. The van der Waals surface area contributed by atoms with E-state index in [4.69, 9.17) is 19.2 Å². The van der Waals surface area contributed by atoms with Gasteiger partial charge in [-0.3, -0.25) is 9.59 Å². The first-order valence-electron chi connectivity index (χ1n) is 7.56. The number of furan rings is 1. The number of ketones is 1. The van der Waals surface area contributed by atoms with Gasteiger partial charge in [-0.15, -0.1) is 0 Å². The number of carbonyl (C=O) groups is 2. The maximum absolute atomic E-state index is 12.1. The third-order valence-corrected chi connectivity index (χ3v) is 3.58. The van der Waals surface area contributed by atoms with Crippen LogP contribution in [0.4, 0.5) is 0 Å². The topological polar surface area (TPSA) is 102 Å². The summed E-state index contributed by atoms with van der Waals surface area (Å²) in [6.07, 6.45) is 1.83. The van der Waals surface area contributed by atoms with Gasteiger partial charge in [-0.05, 0) is 36.2 Å². The zero-order valence-electron chi connectivity index (χ0n) is 13.9. The molecule has 2 aromatic rings. The maximum Gasteiger partial charge on any atom is 0.245 e. The first kappa shape index (κ1) is 18.1.